The van der Waals surface area contributed by atoms with Crippen molar-refractivity contribution < 1.29 is 14.2 Å². The molecular weight excluding hydrogens is 254 g/mol. The number of rotatable bonds is 12. The first-order valence-corrected chi connectivity index (χ1v) is 7.36. The molecule has 0 aliphatic carbocycles. The van der Waals surface area contributed by atoms with Gasteiger partial charge in [-0.25, -0.2) is 0 Å². The summed E-state index contributed by atoms with van der Waals surface area (Å²) in [6.07, 6.45) is 2.27. The normalized spacial score (nSPS) is 10.7. The molecule has 4 nitrogen and oxygen atoms in total. The van der Waals surface area contributed by atoms with Crippen molar-refractivity contribution in [1.29, 1.82) is 0 Å². The third-order valence-corrected chi connectivity index (χ3v) is 2.95. The Morgan fingerprint density at radius 1 is 0.950 bits per heavy atom. The molecule has 114 valence electrons. The molecule has 0 aromatic heterocycles. The third-order valence-electron chi connectivity index (χ3n) is 2.95. The molecule has 0 radical (unpaired) electrons. The van der Waals surface area contributed by atoms with Crippen molar-refractivity contribution in [3.63, 3.8) is 0 Å². The second-order valence-electron chi connectivity index (χ2n) is 4.55. The predicted octanol–water partition coefficient (Wildman–Crippen LogP) is 2.62. The first-order chi connectivity index (χ1) is 9.86. The molecule has 1 aromatic carbocycles. The number of hydrogen-bond donors (Lipinski definition) is 1. The standard InChI is InChI=1S/C16H27NO3/c1-3-19-12-5-4-10-17-11-13-20-14-15-6-8-16(18-2)9-7-15/h6-9,17H,3-5,10-14H2,1-2H3. The van der Waals surface area contributed by atoms with Crippen molar-refractivity contribution in [2.75, 3.05) is 40.0 Å². The monoisotopic (exact) mass is 281 g/mol. The van der Waals surface area contributed by atoms with Gasteiger partial charge >= 0.3 is 0 Å². The number of hydrogen-bond acceptors (Lipinski definition) is 4. The van der Waals surface area contributed by atoms with Gasteiger partial charge in [0.25, 0.3) is 0 Å². The molecule has 4 heteroatoms. The highest BCUT2D eigenvalue weighted by Crippen LogP contribution is 2.11. The number of benzene rings is 1. The molecule has 0 aliphatic heterocycles. The van der Waals surface area contributed by atoms with E-state index in [-0.39, 0.29) is 0 Å². The highest BCUT2D eigenvalue weighted by Gasteiger charge is 1.95. The average Bonchev–Trinajstić information content (AvgIpc) is 2.50. The zero-order valence-electron chi connectivity index (χ0n) is 12.7. The average molecular weight is 281 g/mol. The molecule has 0 spiro atoms. The largest absolute Gasteiger partial charge is 0.497 e. The van der Waals surface area contributed by atoms with E-state index in [4.69, 9.17) is 14.2 Å². The number of methoxy groups -OCH3 is 1. The smallest absolute Gasteiger partial charge is 0.118 e. The van der Waals surface area contributed by atoms with Gasteiger partial charge in [-0.15, -0.1) is 0 Å². The van der Waals surface area contributed by atoms with E-state index in [1.165, 1.54) is 5.56 Å². The Kier molecular flexibility index (Phi) is 9.92. The van der Waals surface area contributed by atoms with Gasteiger partial charge in [-0.05, 0) is 44.0 Å². The van der Waals surface area contributed by atoms with Gasteiger partial charge in [0.05, 0.1) is 20.3 Å². The van der Waals surface area contributed by atoms with Crippen LogP contribution in [0.2, 0.25) is 0 Å². The van der Waals surface area contributed by atoms with Crippen molar-refractivity contribution in [1.82, 2.24) is 5.32 Å². The zero-order valence-corrected chi connectivity index (χ0v) is 12.7. The maximum absolute atomic E-state index is 5.61. The first kappa shape index (κ1) is 17.0. The Morgan fingerprint density at radius 2 is 1.75 bits per heavy atom. The molecule has 0 saturated heterocycles. The Morgan fingerprint density at radius 3 is 2.45 bits per heavy atom. The quantitative estimate of drug-likeness (QED) is 0.598. The van der Waals surface area contributed by atoms with Gasteiger partial charge in [-0.2, -0.15) is 0 Å². The summed E-state index contributed by atoms with van der Waals surface area (Å²) < 4.78 is 16.0. The topological polar surface area (TPSA) is 39.7 Å². The van der Waals surface area contributed by atoms with Crippen LogP contribution < -0.4 is 10.1 Å². The van der Waals surface area contributed by atoms with Gasteiger partial charge in [-0.3, -0.25) is 0 Å². The predicted molar refractivity (Wildman–Crippen MR) is 81.2 cm³/mol. The van der Waals surface area contributed by atoms with E-state index < -0.39 is 0 Å². The van der Waals surface area contributed by atoms with E-state index in [9.17, 15) is 0 Å². The van der Waals surface area contributed by atoms with Crippen molar-refractivity contribution >= 4 is 0 Å². The maximum atomic E-state index is 5.61. The van der Waals surface area contributed by atoms with E-state index >= 15 is 0 Å². The number of ether oxygens (including phenoxy) is 3. The van der Waals surface area contributed by atoms with E-state index in [1.807, 2.05) is 31.2 Å². The van der Waals surface area contributed by atoms with Gasteiger partial charge in [0.2, 0.25) is 0 Å². The minimum Gasteiger partial charge on any atom is -0.497 e. The van der Waals surface area contributed by atoms with Crippen molar-refractivity contribution in [2.45, 2.75) is 26.4 Å². The summed E-state index contributed by atoms with van der Waals surface area (Å²) in [5.74, 6) is 0.877. The molecule has 0 fully saturated rings. The molecule has 1 aromatic rings. The second-order valence-corrected chi connectivity index (χ2v) is 4.55. The minimum absolute atomic E-state index is 0.649. The fourth-order valence-corrected chi connectivity index (χ4v) is 1.78. The molecule has 0 bridgehead atoms. The van der Waals surface area contributed by atoms with Crippen LogP contribution in [0, 0.1) is 0 Å². The Bertz CT molecular complexity index is 327. The number of nitrogens with one attached hydrogen (secondary N) is 1. The molecular formula is C16H27NO3. The fraction of sp³-hybridized carbons (Fsp3) is 0.625. The summed E-state index contributed by atoms with van der Waals surface area (Å²) >= 11 is 0. The van der Waals surface area contributed by atoms with Crippen molar-refractivity contribution in [2.24, 2.45) is 0 Å². The molecule has 0 atom stereocenters. The molecule has 20 heavy (non-hydrogen) atoms. The van der Waals surface area contributed by atoms with E-state index in [0.29, 0.717) is 6.61 Å². The molecule has 0 saturated carbocycles. The van der Waals surface area contributed by atoms with Gasteiger partial charge in [0.15, 0.2) is 0 Å². The minimum atomic E-state index is 0.649. The van der Waals surface area contributed by atoms with Crippen LogP contribution in [-0.2, 0) is 16.1 Å². The Balaban J connectivity index is 1.91. The summed E-state index contributed by atoms with van der Waals surface area (Å²) in [5.41, 5.74) is 1.17. The summed E-state index contributed by atoms with van der Waals surface area (Å²) in [6.45, 7) is 7.01. The van der Waals surface area contributed by atoms with Crippen molar-refractivity contribution in [3.05, 3.63) is 29.8 Å². The SMILES string of the molecule is CCOCCCCNCCOCc1ccc(OC)cc1. The van der Waals surface area contributed by atoms with Crippen LogP contribution in [0.1, 0.15) is 25.3 Å². The Hall–Kier alpha value is -1.10. The lowest BCUT2D eigenvalue weighted by atomic mass is 10.2. The summed E-state index contributed by atoms with van der Waals surface area (Å²) in [6, 6.07) is 7.96. The first-order valence-electron chi connectivity index (χ1n) is 7.36. The summed E-state index contributed by atoms with van der Waals surface area (Å²) in [5, 5.41) is 3.37. The van der Waals surface area contributed by atoms with E-state index in [2.05, 4.69) is 5.32 Å². The van der Waals surface area contributed by atoms with Crippen LogP contribution in [0.15, 0.2) is 24.3 Å². The van der Waals surface area contributed by atoms with Gasteiger partial charge in [0.1, 0.15) is 5.75 Å². The van der Waals surface area contributed by atoms with Crippen LogP contribution >= 0.6 is 0 Å². The lowest BCUT2D eigenvalue weighted by Gasteiger charge is -2.07. The second kappa shape index (κ2) is 11.7. The summed E-state index contributed by atoms with van der Waals surface area (Å²) in [7, 11) is 1.67. The van der Waals surface area contributed by atoms with E-state index in [0.717, 1.165) is 51.5 Å². The van der Waals surface area contributed by atoms with Crippen molar-refractivity contribution in [3.8, 4) is 5.75 Å². The third kappa shape index (κ3) is 8.15. The zero-order chi connectivity index (χ0) is 14.5. The Labute approximate surface area is 122 Å². The van der Waals surface area contributed by atoms with Crippen LogP contribution in [0.3, 0.4) is 0 Å². The number of unbranched alkanes of at least 4 members (excludes halogenated alkanes) is 1. The summed E-state index contributed by atoms with van der Waals surface area (Å²) in [4.78, 5) is 0. The highest BCUT2D eigenvalue weighted by molar-refractivity contribution is 5.26. The molecule has 0 heterocycles. The molecule has 1 N–H and O–H groups in total. The van der Waals surface area contributed by atoms with Crippen LogP contribution in [0.25, 0.3) is 0 Å². The highest BCUT2D eigenvalue weighted by atomic mass is 16.5. The van der Waals surface area contributed by atoms with Gasteiger partial charge in [0, 0.05) is 19.8 Å². The van der Waals surface area contributed by atoms with Crippen LogP contribution in [0.5, 0.6) is 5.75 Å². The maximum Gasteiger partial charge on any atom is 0.118 e. The molecule has 1 rings (SSSR count). The lowest BCUT2D eigenvalue weighted by molar-refractivity contribution is 0.122. The van der Waals surface area contributed by atoms with Crippen LogP contribution in [0.4, 0.5) is 0 Å². The lowest BCUT2D eigenvalue weighted by Crippen LogP contribution is -2.21. The van der Waals surface area contributed by atoms with Gasteiger partial charge in [-0.1, -0.05) is 12.1 Å². The van der Waals surface area contributed by atoms with Gasteiger partial charge < -0.3 is 19.5 Å². The molecule has 0 aliphatic rings. The van der Waals surface area contributed by atoms with E-state index in [1.54, 1.807) is 7.11 Å². The van der Waals surface area contributed by atoms with Crippen LogP contribution in [-0.4, -0.2) is 40.0 Å². The molecule has 0 amide bonds. The fourth-order valence-electron chi connectivity index (χ4n) is 1.78. The molecule has 0 unspecified atom stereocenters.